The Hall–Kier alpha value is -0.810. The van der Waals surface area contributed by atoms with Crippen molar-refractivity contribution in [3.63, 3.8) is 0 Å². The largest absolute Gasteiger partial charge is 0.505 e. The third kappa shape index (κ3) is 16.1. The molecule has 0 aliphatic rings. The first kappa shape index (κ1) is 25.4. The number of hydrogen-bond acceptors (Lipinski definition) is 4. The fourth-order valence-corrected chi connectivity index (χ4v) is 1.43. The summed E-state index contributed by atoms with van der Waals surface area (Å²) in [7, 11) is 0. The lowest BCUT2D eigenvalue weighted by Gasteiger charge is -2.29. The molecule has 0 aromatic rings. The first-order valence-corrected chi connectivity index (χ1v) is 9.26. The Morgan fingerprint density at radius 1 is 0.958 bits per heavy atom. The van der Waals surface area contributed by atoms with Crippen molar-refractivity contribution < 1.29 is 24.4 Å². The lowest BCUT2D eigenvalue weighted by Crippen LogP contribution is -2.31. The highest BCUT2D eigenvalue weighted by atomic mass is 17.2. The summed E-state index contributed by atoms with van der Waals surface area (Å²) < 4.78 is 4.51. The van der Waals surface area contributed by atoms with Crippen molar-refractivity contribution in [1.82, 2.24) is 0 Å². The number of hydrogen-bond donors (Lipinski definition) is 1. The molecular formula is C19H40O5. The van der Waals surface area contributed by atoms with Crippen LogP contribution in [0, 0.1) is 5.92 Å². The van der Waals surface area contributed by atoms with E-state index in [4.69, 9.17) is 14.9 Å². The Morgan fingerprint density at radius 2 is 1.42 bits per heavy atom. The highest BCUT2D eigenvalue weighted by Crippen LogP contribution is 2.21. The van der Waals surface area contributed by atoms with Gasteiger partial charge in [-0.1, -0.05) is 47.0 Å². The fraction of sp³-hybridized carbons (Fsp3) is 0.947. The van der Waals surface area contributed by atoms with Gasteiger partial charge in [0, 0.05) is 0 Å². The van der Waals surface area contributed by atoms with Crippen molar-refractivity contribution in [3.05, 3.63) is 0 Å². The molecule has 5 heteroatoms. The molecule has 1 N–H and O–H groups in total. The summed E-state index contributed by atoms with van der Waals surface area (Å²) in [5.41, 5.74) is -0.348. The Labute approximate surface area is 149 Å². The molecule has 0 saturated heterocycles. The van der Waals surface area contributed by atoms with Gasteiger partial charge in [0.05, 0.1) is 17.8 Å². The zero-order chi connectivity index (χ0) is 19.2. The maximum absolute atomic E-state index is 10.1. The molecule has 0 radical (unpaired) electrons. The van der Waals surface area contributed by atoms with Gasteiger partial charge in [-0.05, 0) is 52.9 Å². The number of carbonyl (C=O) groups is 1. The highest BCUT2D eigenvalue weighted by molar-refractivity contribution is 5.56. The first-order chi connectivity index (χ1) is 11.0. The van der Waals surface area contributed by atoms with E-state index in [0.717, 1.165) is 38.5 Å². The minimum atomic E-state index is -1.16. The minimum Gasteiger partial charge on any atom is -0.450 e. The maximum Gasteiger partial charge on any atom is 0.505 e. The molecule has 1 atom stereocenters. The van der Waals surface area contributed by atoms with Gasteiger partial charge in [-0.15, -0.1) is 0 Å². The number of unbranched alkanes of at least 4 members (excludes halogenated alkanes) is 1. The molecule has 0 bridgehead atoms. The zero-order valence-corrected chi connectivity index (χ0v) is 17.1. The van der Waals surface area contributed by atoms with Crippen molar-refractivity contribution in [2.45, 2.75) is 105 Å². The van der Waals surface area contributed by atoms with Crippen molar-refractivity contribution >= 4 is 6.16 Å². The molecule has 0 saturated carbocycles. The molecule has 0 amide bonds. The monoisotopic (exact) mass is 348 g/mol. The highest BCUT2D eigenvalue weighted by Gasteiger charge is 2.23. The van der Waals surface area contributed by atoms with Crippen LogP contribution in [0.25, 0.3) is 0 Å². The van der Waals surface area contributed by atoms with E-state index in [0.29, 0.717) is 12.5 Å². The zero-order valence-electron chi connectivity index (χ0n) is 17.1. The van der Waals surface area contributed by atoms with Crippen LogP contribution in [0.4, 0.5) is 4.79 Å². The molecule has 5 nitrogen and oxygen atoms in total. The second-order valence-corrected chi connectivity index (χ2v) is 7.39. The van der Waals surface area contributed by atoms with Crippen LogP contribution in [0.2, 0.25) is 0 Å². The molecule has 0 spiro atoms. The van der Waals surface area contributed by atoms with Gasteiger partial charge < -0.3 is 9.84 Å². The molecule has 146 valence electrons. The van der Waals surface area contributed by atoms with Crippen LogP contribution >= 0.6 is 0 Å². The summed E-state index contributed by atoms with van der Waals surface area (Å²) in [5, 5.41) is 8.26. The summed E-state index contributed by atoms with van der Waals surface area (Å²) in [4.78, 5) is 20.7. The second kappa shape index (κ2) is 13.5. The van der Waals surface area contributed by atoms with Gasteiger partial charge >= 0.3 is 6.16 Å². The third-order valence-electron chi connectivity index (χ3n) is 4.18. The van der Waals surface area contributed by atoms with Gasteiger partial charge in [-0.25, -0.2) is 14.6 Å². The molecule has 0 rings (SSSR count). The summed E-state index contributed by atoms with van der Waals surface area (Å²) in [6.45, 7) is 16.8. The van der Waals surface area contributed by atoms with Crippen molar-refractivity contribution in [3.8, 4) is 0 Å². The number of ether oxygens (including phenoxy) is 1. The molecule has 0 heterocycles. The Morgan fingerprint density at radius 3 is 1.71 bits per heavy atom. The lowest BCUT2D eigenvalue weighted by molar-refractivity contribution is -0.401. The molecule has 0 fully saturated rings. The molecule has 0 aliphatic carbocycles. The first-order valence-electron chi connectivity index (χ1n) is 9.26. The summed E-state index contributed by atoms with van der Waals surface area (Å²) in [5.74, 6) is 0.404. The molecule has 0 aromatic carbocycles. The molecular weight excluding hydrogens is 308 g/mol. The Bertz CT molecular complexity index is 297. The van der Waals surface area contributed by atoms with E-state index >= 15 is 0 Å². The van der Waals surface area contributed by atoms with E-state index in [2.05, 4.69) is 32.4 Å². The summed E-state index contributed by atoms with van der Waals surface area (Å²) >= 11 is 0. The van der Waals surface area contributed by atoms with Gasteiger partial charge in [0.15, 0.2) is 0 Å². The molecule has 0 aromatic heterocycles. The smallest absolute Gasteiger partial charge is 0.450 e. The fourth-order valence-electron chi connectivity index (χ4n) is 1.43. The van der Waals surface area contributed by atoms with Gasteiger partial charge in [-0.2, -0.15) is 0 Å². The number of rotatable bonds is 11. The van der Waals surface area contributed by atoms with Crippen LogP contribution in [0.5, 0.6) is 0 Å². The van der Waals surface area contributed by atoms with Gasteiger partial charge in [0.2, 0.25) is 0 Å². The SMILES string of the molecule is CCC(C)(C)OOC(C)(C)CC.CCCCC(CC)COC(=O)O. The second-order valence-electron chi connectivity index (χ2n) is 7.39. The van der Waals surface area contributed by atoms with E-state index in [1.165, 1.54) is 0 Å². The van der Waals surface area contributed by atoms with E-state index in [1.54, 1.807) is 0 Å². The maximum atomic E-state index is 10.1. The predicted molar refractivity (Wildman–Crippen MR) is 98.2 cm³/mol. The van der Waals surface area contributed by atoms with Crippen LogP contribution in [0.15, 0.2) is 0 Å². The van der Waals surface area contributed by atoms with Gasteiger partial charge in [-0.3, -0.25) is 0 Å². The minimum absolute atomic E-state index is 0.174. The standard InChI is InChI=1S/C10H22O2.C9H18O3/c1-7-9(3,4)11-12-10(5,6)8-2;1-3-5-6-8(4-2)7-12-9(10)11/h7-8H2,1-6H3;8H,3-7H2,1-2H3,(H,10,11). The summed E-state index contributed by atoms with van der Waals surface area (Å²) in [6, 6.07) is 0. The van der Waals surface area contributed by atoms with E-state index < -0.39 is 6.16 Å². The van der Waals surface area contributed by atoms with Gasteiger partial charge in [0.25, 0.3) is 0 Å². The average molecular weight is 349 g/mol. The lowest BCUT2D eigenvalue weighted by atomic mass is 10.0. The predicted octanol–water partition coefficient (Wildman–Crippen LogP) is 6.21. The molecule has 24 heavy (non-hydrogen) atoms. The third-order valence-corrected chi connectivity index (χ3v) is 4.18. The van der Waals surface area contributed by atoms with Crippen molar-refractivity contribution in [2.24, 2.45) is 5.92 Å². The van der Waals surface area contributed by atoms with Crippen molar-refractivity contribution in [1.29, 1.82) is 0 Å². The Kier molecular flexibility index (Phi) is 14.3. The van der Waals surface area contributed by atoms with Crippen LogP contribution in [-0.2, 0) is 14.5 Å². The summed E-state index contributed by atoms with van der Waals surface area (Å²) in [6.07, 6.45) is 5.11. The van der Waals surface area contributed by atoms with Crippen molar-refractivity contribution in [2.75, 3.05) is 6.61 Å². The normalized spacial score (nSPS) is 13.0. The van der Waals surface area contributed by atoms with Gasteiger partial charge in [0.1, 0.15) is 0 Å². The van der Waals surface area contributed by atoms with Crippen LogP contribution in [0.1, 0.15) is 93.9 Å². The van der Waals surface area contributed by atoms with Crippen LogP contribution < -0.4 is 0 Å². The molecule has 1 unspecified atom stereocenters. The molecule has 0 aliphatic heterocycles. The van der Waals surface area contributed by atoms with E-state index in [1.807, 2.05) is 27.7 Å². The topological polar surface area (TPSA) is 65.0 Å². The number of carboxylic acid groups (broad SMARTS) is 1. The quantitative estimate of drug-likeness (QED) is 0.273. The Balaban J connectivity index is 0. The van der Waals surface area contributed by atoms with E-state index in [9.17, 15) is 4.79 Å². The average Bonchev–Trinajstić information content (AvgIpc) is 2.54. The van der Waals surface area contributed by atoms with Crippen LogP contribution in [-0.4, -0.2) is 29.1 Å². The van der Waals surface area contributed by atoms with E-state index in [-0.39, 0.29) is 11.2 Å². The van der Waals surface area contributed by atoms with Crippen LogP contribution in [0.3, 0.4) is 0 Å².